The van der Waals surface area contributed by atoms with Crippen molar-refractivity contribution < 1.29 is 24.6 Å². The zero-order valence-corrected chi connectivity index (χ0v) is 19.6. The lowest BCUT2D eigenvalue weighted by Crippen LogP contribution is -2.35. The highest BCUT2D eigenvalue weighted by molar-refractivity contribution is 5.90. The van der Waals surface area contributed by atoms with Crippen molar-refractivity contribution in [1.29, 1.82) is 0 Å². The van der Waals surface area contributed by atoms with Crippen molar-refractivity contribution in [2.45, 2.75) is 6.92 Å². The first-order chi connectivity index (χ1) is 17.9. The fraction of sp³-hybridized carbons (Fsp3) is 0.0370. The third-order valence-electron chi connectivity index (χ3n) is 5.80. The first-order valence-electron chi connectivity index (χ1n) is 11.2. The van der Waals surface area contributed by atoms with E-state index in [2.05, 4.69) is 25.9 Å². The van der Waals surface area contributed by atoms with Crippen LogP contribution in [0.4, 0.5) is 14.9 Å². The summed E-state index contributed by atoms with van der Waals surface area (Å²) in [6, 6.07) is 22.0. The number of carbonyl (C=O) groups excluding carboxylic acids is 1. The maximum absolute atomic E-state index is 15.0. The Morgan fingerprint density at radius 1 is 1.03 bits per heavy atom. The van der Waals surface area contributed by atoms with Gasteiger partial charge in [0.25, 0.3) is 6.01 Å². The van der Waals surface area contributed by atoms with Gasteiger partial charge in [-0.25, -0.2) is 9.18 Å². The van der Waals surface area contributed by atoms with E-state index < -0.39 is 11.8 Å². The Bertz CT molecular complexity index is 1630. The third kappa shape index (κ3) is 4.94. The van der Waals surface area contributed by atoms with Crippen LogP contribution in [0.1, 0.15) is 5.56 Å². The highest BCUT2D eigenvalue weighted by Crippen LogP contribution is 2.33. The average molecular weight is 498 g/mol. The minimum atomic E-state index is -0.594. The number of phenols is 1. The summed E-state index contributed by atoms with van der Waals surface area (Å²) in [6.45, 7) is 1.82. The molecule has 0 unspecified atom stereocenters. The quantitative estimate of drug-likeness (QED) is 0.165. The first kappa shape index (κ1) is 23.5. The molecule has 0 atom stereocenters. The molecule has 0 fully saturated rings. The molecule has 4 aromatic carbocycles. The van der Waals surface area contributed by atoms with E-state index >= 15 is 4.39 Å². The molecule has 5 aromatic rings. The largest absolute Gasteiger partial charge is 0.507 e. The SMILES string of the molecule is Cc1ccc(Oc2nc3cc(-c4ccc(-c5ccccc5O)cc4)c(F)cc3[nH]2)cc1NC(=O)NN=[NH2+]. The monoisotopic (exact) mass is 497 g/mol. The molecule has 6 N–H and O–H groups in total. The second-order valence-corrected chi connectivity index (χ2v) is 8.26. The van der Waals surface area contributed by atoms with Gasteiger partial charge in [0.1, 0.15) is 17.3 Å². The number of nitrogens with zero attached hydrogens (tertiary/aromatic N) is 2. The number of anilines is 1. The molecule has 0 saturated heterocycles. The number of H-pyrrole nitrogens is 1. The summed E-state index contributed by atoms with van der Waals surface area (Å²) in [4.78, 5) is 19.1. The third-order valence-corrected chi connectivity index (χ3v) is 5.80. The average Bonchev–Trinajstić information content (AvgIpc) is 3.27. The minimum Gasteiger partial charge on any atom is -0.507 e. The van der Waals surface area contributed by atoms with Gasteiger partial charge < -0.3 is 14.8 Å². The normalized spacial score (nSPS) is 10.8. The fourth-order valence-corrected chi connectivity index (χ4v) is 3.94. The number of urea groups is 1. The Hall–Kier alpha value is -5.25. The van der Waals surface area contributed by atoms with Crippen molar-refractivity contribution in [1.82, 2.24) is 15.4 Å². The van der Waals surface area contributed by atoms with Crippen molar-refractivity contribution in [3.05, 3.63) is 90.2 Å². The van der Waals surface area contributed by atoms with Crippen molar-refractivity contribution in [2.24, 2.45) is 5.22 Å². The fourth-order valence-electron chi connectivity index (χ4n) is 3.94. The van der Waals surface area contributed by atoms with Gasteiger partial charge in [0.05, 0.1) is 21.9 Å². The molecule has 5 rings (SSSR count). The first-order valence-corrected chi connectivity index (χ1v) is 11.2. The van der Waals surface area contributed by atoms with Gasteiger partial charge in [0.15, 0.2) is 0 Å². The number of benzene rings is 4. The van der Waals surface area contributed by atoms with Crippen LogP contribution in [0.2, 0.25) is 0 Å². The Morgan fingerprint density at radius 2 is 1.76 bits per heavy atom. The van der Waals surface area contributed by atoms with Crippen molar-refractivity contribution in [3.63, 3.8) is 0 Å². The van der Waals surface area contributed by atoms with E-state index in [0.717, 1.165) is 11.1 Å². The second kappa shape index (κ2) is 9.78. The molecule has 0 radical (unpaired) electrons. The lowest BCUT2D eigenvalue weighted by molar-refractivity contribution is -0.228. The summed E-state index contributed by atoms with van der Waals surface area (Å²) in [5, 5.41) is 15.8. The number of imidazole rings is 1. The molecule has 1 aromatic heterocycles. The number of fused-ring (bicyclic) bond motifs is 1. The van der Waals surface area contributed by atoms with E-state index in [1.165, 1.54) is 6.07 Å². The van der Waals surface area contributed by atoms with Crippen LogP contribution in [0.3, 0.4) is 0 Å². The summed E-state index contributed by atoms with van der Waals surface area (Å²) in [6.07, 6.45) is 0. The van der Waals surface area contributed by atoms with Gasteiger partial charge in [-0.15, -0.1) is 0 Å². The predicted octanol–water partition coefficient (Wildman–Crippen LogP) is 5.09. The molecule has 184 valence electrons. The molecule has 0 aliphatic heterocycles. The minimum absolute atomic E-state index is 0.165. The summed E-state index contributed by atoms with van der Waals surface area (Å²) >= 11 is 0. The summed E-state index contributed by atoms with van der Waals surface area (Å²) in [5.41, 5.74) is 11.9. The van der Waals surface area contributed by atoms with Crippen LogP contribution in [0.15, 0.2) is 84.1 Å². The number of hydrogen-bond acceptors (Lipinski definition) is 5. The van der Waals surface area contributed by atoms with Gasteiger partial charge in [0.2, 0.25) is 0 Å². The molecule has 2 amide bonds. The maximum Gasteiger partial charge on any atom is 0.431 e. The van der Waals surface area contributed by atoms with Gasteiger partial charge >= 0.3 is 6.03 Å². The number of aryl methyl sites for hydroxylation is 1. The highest BCUT2D eigenvalue weighted by atomic mass is 19.1. The molecule has 0 saturated carbocycles. The van der Waals surface area contributed by atoms with Crippen LogP contribution >= 0.6 is 0 Å². The lowest BCUT2D eigenvalue weighted by Gasteiger charge is -2.08. The van der Waals surface area contributed by atoms with Crippen molar-refractivity contribution >= 4 is 22.8 Å². The number of nitrogens with one attached hydrogen (secondary N) is 3. The number of amides is 2. The number of aromatic amines is 1. The van der Waals surface area contributed by atoms with Crippen LogP contribution in [-0.4, -0.2) is 21.1 Å². The Balaban J connectivity index is 1.40. The lowest BCUT2D eigenvalue weighted by atomic mass is 9.99. The smallest absolute Gasteiger partial charge is 0.431 e. The molecule has 9 nitrogen and oxygen atoms in total. The van der Waals surface area contributed by atoms with Crippen LogP contribution in [0.5, 0.6) is 17.5 Å². The molecule has 1 heterocycles. The predicted molar refractivity (Wildman–Crippen MR) is 136 cm³/mol. The number of aromatic nitrogens is 2. The summed E-state index contributed by atoms with van der Waals surface area (Å²) < 4.78 is 20.8. The van der Waals surface area contributed by atoms with Gasteiger partial charge in [-0.1, -0.05) is 54.0 Å². The van der Waals surface area contributed by atoms with E-state index in [-0.39, 0.29) is 11.8 Å². The molecular weight excluding hydrogens is 475 g/mol. The summed E-state index contributed by atoms with van der Waals surface area (Å²) in [5.74, 6) is 0.166. The number of rotatable bonds is 6. The Kier molecular flexibility index (Phi) is 6.21. The van der Waals surface area contributed by atoms with E-state index in [1.54, 1.807) is 48.5 Å². The van der Waals surface area contributed by atoms with E-state index in [0.29, 0.717) is 39.2 Å². The van der Waals surface area contributed by atoms with Crippen LogP contribution in [-0.2, 0) is 0 Å². The van der Waals surface area contributed by atoms with Gasteiger partial charge in [-0.3, -0.25) is 5.32 Å². The highest BCUT2D eigenvalue weighted by Gasteiger charge is 2.14. The standard InChI is InChI=1S/C27H21FN6O3/c1-15-6-11-18(12-22(15)30-26(36)33-34-29)37-27-31-23-13-20(21(28)14-24(23)32-27)17-9-7-16(8-10-17)19-4-2-3-5-25(19)35/h2-14,35H,1H3,(H,31,32)(H3,29,30,33,36)/p+1. The van der Waals surface area contributed by atoms with Crippen LogP contribution in [0.25, 0.3) is 33.3 Å². The number of phenolic OH excluding ortho intramolecular Hbond substituents is 1. The summed E-state index contributed by atoms with van der Waals surface area (Å²) in [7, 11) is 0. The molecule has 37 heavy (non-hydrogen) atoms. The molecule has 0 aliphatic rings. The van der Waals surface area contributed by atoms with Crippen molar-refractivity contribution in [2.75, 3.05) is 5.32 Å². The number of aromatic hydroxyl groups is 1. The molecular formula is C27H22FN6O3+. The van der Waals surface area contributed by atoms with E-state index in [4.69, 9.17) is 10.3 Å². The topological polar surface area (TPSA) is 137 Å². The Labute approximate surface area is 210 Å². The number of carbonyl (C=O) groups is 1. The van der Waals surface area contributed by atoms with Crippen LogP contribution in [0, 0.1) is 12.7 Å². The maximum atomic E-state index is 15.0. The van der Waals surface area contributed by atoms with E-state index in [9.17, 15) is 9.90 Å². The molecule has 0 aliphatic carbocycles. The second-order valence-electron chi connectivity index (χ2n) is 8.26. The van der Waals surface area contributed by atoms with Crippen LogP contribution < -0.4 is 21.0 Å². The molecule has 10 heteroatoms. The van der Waals surface area contributed by atoms with Gasteiger partial charge in [0, 0.05) is 23.3 Å². The molecule has 0 spiro atoms. The molecule has 0 bridgehead atoms. The van der Waals surface area contributed by atoms with Gasteiger partial charge in [-0.05, 0) is 41.8 Å². The number of nitrogens with two attached hydrogens (primary N) is 1. The Morgan fingerprint density at radius 3 is 2.49 bits per heavy atom. The van der Waals surface area contributed by atoms with Gasteiger partial charge in [-0.2, -0.15) is 10.5 Å². The number of para-hydroxylation sites is 1. The number of ether oxygens (including phenoxy) is 1. The number of hydrogen-bond donors (Lipinski definition) is 5. The van der Waals surface area contributed by atoms with E-state index in [1.807, 2.05) is 31.2 Å². The number of halogens is 1. The van der Waals surface area contributed by atoms with Crippen molar-refractivity contribution in [3.8, 4) is 39.8 Å². The zero-order chi connectivity index (χ0) is 25.9. The zero-order valence-electron chi connectivity index (χ0n) is 19.6.